The third-order valence-electron chi connectivity index (χ3n) is 7.90. The zero-order valence-corrected chi connectivity index (χ0v) is 23.7. The molecule has 0 bridgehead atoms. The Morgan fingerprint density at radius 3 is 2.51 bits per heavy atom. The average Bonchev–Trinajstić information content (AvgIpc) is 3.51. The SMILES string of the molecule is C[C@]1(C(N)=O)COc2c1cc(C(O)(CNC(=O)c1ccc(-c3cocn3)c(OC3CC3)c1)C(F)(F)F)nc2-c1ccc(F)cc1. The molecule has 45 heavy (non-hydrogen) atoms. The highest BCUT2D eigenvalue weighted by molar-refractivity contribution is 5.95. The molecule has 1 unspecified atom stereocenters. The van der Waals surface area contributed by atoms with Gasteiger partial charge in [0.05, 0.1) is 18.3 Å². The van der Waals surface area contributed by atoms with Crippen molar-refractivity contribution in [3.63, 3.8) is 0 Å². The van der Waals surface area contributed by atoms with E-state index in [1.165, 1.54) is 49.9 Å². The fraction of sp³-hybridized carbons (Fsp3) is 0.290. The summed E-state index contributed by atoms with van der Waals surface area (Å²) in [5.41, 5.74) is 0.242. The molecule has 4 N–H and O–H groups in total. The fourth-order valence-electron chi connectivity index (χ4n) is 4.93. The van der Waals surface area contributed by atoms with Crippen molar-refractivity contribution in [2.45, 2.75) is 43.1 Å². The summed E-state index contributed by atoms with van der Waals surface area (Å²) in [4.78, 5) is 33.8. The fourth-order valence-corrected chi connectivity index (χ4v) is 4.93. The molecule has 3 heterocycles. The number of hydrogen-bond acceptors (Lipinski definition) is 8. The molecule has 2 amide bonds. The van der Waals surface area contributed by atoms with Crippen molar-refractivity contribution >= 4 is 11.8 Å². The number of rotatable bonds is 9. The monoisotopic (exact) mass is 626 g/mol. The average molecular weight is 627 g/mol. The van der Waals surface area contributed by atoms with Crippen LogP contribution in [0.4, 0.5) is 17.6 Å². The van der Waals surface area contributed by atoms with E-state index in [4.69, 9.17) is 19.6 Å². The lowest BCUT2D eigenvalue weighted by molar-refractivity contribution is -0.265. The Morgan fingerprint density at radius 1 is 1.16 bits per heavy atom. The van der Waals surface area contributed by atoms with E-state index in [0.717, 1.165) is 31.0 Å². The Bertz CT molecular complexity index is 1780. The molecule has 1 aliphatic carbocycles. The Hall–Kier alpha value is -4.98. The summed E-state index contributed by atoms with van der Waals surface area (Å²) < 4.78 is 74.4. The van der Waals surface area contributed by atoms with E-state index in [9.17, 15) is 32.3 Å². The van der Waals surface area contributed by atoms with Crippen LogP contribution >= 0.6 is 0 Å². The van der Waals surface area contributed by atoms with Gasteiger partial charge in [-0.15, -0.1) is 0 Å². The van der Waals surface area contributed by atoms with Crippen molar-refractivity contribution in [1.82, 2.24) is 15.3 Å². The van der Waals surface area contributed by atoms with Crippen LogP contribution in [0.5, 0.6) is 11.5 Å². The van der Waals surface area contributed by atoms with Crippen molar-refractivity contribution in [1.29, 1.82) is 0 Å². The van der Waals surface area contributed by atoms with Gasteiger partial charge < -0.3 is 30.0 Å². The number of nitrogens with zero attached hydrogens (tertiary/aromatic N) is 2. The Morgan fingerprint density at radius 2 is 1.89 bits per heavy atom. The van der Waals surface area contributed by atoms with E-state index < -0.39 is 47.1 Å². The van der Waals surface area contributed by atoms with E-state index in [2.05, 4.69) is 15.3 Å². The number of primary amides is 1. The number of nitrogens with two attached hydrogens (primary N) is 1. The summed E-state index contributed by atoms with van der Waals surface area (Å²) in [6, 6.07) is 9.86. The lowest BCUT2D eigenvalue weighted by Gasteiger charge is -2.31. The molecule has 0 saturated heterocycles. The number of halogens is 4. The molecule has 0 spiro atoms. The summed E-state index contributed by atoms with van der Waals surface area (Å²) in [6.07, 6.45) is -1.21. The molecule has 2 atom stereocenters. The quantitative estimate of drug-likeness (QED) is 0.232. The zero-order valence-electron chi connectivity index (χ0n) is 23.7. The van der Waals surface area contributed by atoms with Gasteiger partial charge in [0.1, 0.15) is 47.0 Å². The molecule has 1 fully saturated rings. The summed E-state index contributed by atoms with van der Waals surface area (Å²) in [5.74, 6) is -2.17. The second kappa shape index (κ2) is 10.9. The number of hydrogen-bond donors (Lipinski definition) is 3. The standard InChI is InChI=1S/C31H26F4N4O6/c1-29(28(36)41)14-44-26-21(29)11-24(39-25(26)16-2-5-18(32)6-3-16)30(42,31(33,34)35)13-37-27(40)17-4-9-20(22-12-43-15-38-22)23(10-17)45-19-7-8-19/h2-6,9-12,15,19,42H,7-8,13-14H2,1H3,(H2,36,41)(H,37,40)/t29-,30?/m0/s1. The van der Waals surface area contributed by atoms with Gasteiger partial charge in [-0.1, -0.05) is 0 Å². The molecule has 2 aliphatic rings. The van der Waals surface area contributed by atoms with Crippen LogP contribution in [0.1, 0.15) is 41.4 Å². The lowest BCUT2D eigenvalue weighted by atomic mass is 9.81. The molecular weight excluding hydrogens is 600 g/mol. The Balaban J connectivity index is 1.37. The van der Waals surface area contributed by atoms with Gasteiger partial charge in [0.2, 0.25) is 11.5 Å². The molecule has 14 heteroatoms. The number of benzene rings is 2. The first-order chi connectivity index (χ1) is 21.3. The maximum atomic E-state index is 14.7. The summed E-state index contributed by atoms with van der Waals surface area (Å²) in [5, 5.41) is 13.4. The van der Waals surface area contributed by atoms with Crippen molar-refractivity contribution in [3.05, 3.63) is 83.8 Å². The zero-order chi connectivity index (χ0) is 32.1. The van der Waals surface area contributed by atoms with Gasteiger partial charge >= 0.3 is 6.18 Å². The number of carbonyl (C=O) groups is 2. The molecule has 2 aromatic carbocycles. The smallest absolute Gasteiger partial charge is 0.424 e. The molecule has 4 aromatic rings. The maximum absolute atomic E-state index is 14.7. The number of alkyl halides is 3. The minimum absolute atomic E-state index is 0.0318. The molecule has 10 nitrogen and oxygen atoms in total. The van der Waals surface area contributed by atoms with Crippen LogP contribution in [0.3, 0.4) is 0 Å². The van der Waals surface area contributed by atoms with Crippen LogP contribution in [0.2, 0.25) is 0 Å². The molecule has 1 aliphatic heterocycles. The van der Waals surface area contributed by atoms with Crippen LogP contribution < -0.4 is 20.5 Å². The predicted octanol–water partition coefficient (Wildman–Crippen LogP) is 4.40. The first-order valence-electron chi connectivity index (χ1n) is 13.8. The number of aromatic nitrogens is 2. The van der Waals surface area contributed by atoms with Crippen LogP contribution in [-0.4, -0.2) is 52.3 Å². The molecule has 234 valence electrons. The maximum Gasteiger partial charge on any atom is 0.424 e. The van der Waals surface area contributed by atoms with Gasteiger partial charge in [0.25, 0.3) is 5.91 Å². The number of pyridine rings is 1. The highest BCUT2D eigenvalue weighted by atomic mass is 19.4. The predicted molar refractivity (Wildman–Crippen MR) is 150 cm³/mol. The van der Waals surface area contributed by atoms with Crippen LogP contribution in [-0.2, 0) is 15.8 Å². The minimum Gasteiger partial charge on any atom is -0.490 e. The van der Waals surface area contributed by atoms with Gasteiger partial charge in [-0.25, -0.2) is 14.4 Å². The van der Waals surface area contributed by atoms with Crippen LogP contribution in [0.15, 0.2) is 65.6 Å². The van der Waals surface area contributed by atoms with Gasteiger partial charge in [-0.05, 0) is 68.3 Å². The molecule has 6 rings (SSSR count). The van der Waals surface area contributed by atoms with E-state index >= 15 is 0 Å². The number of aliphatic hydroxyl groups is 1. The minimum atomic E-state index is -5.36. The summed E-state index contributed by atoms with van der Waals surface area (Å²) >= 11 is 0. The molecule has 2 aromatic heterocycles. The second-order valence-electron chi connectivity index (χ2n) is 11.2. The third-order valence-corrected chi connectivity index (χ3v) is 7.90. The normalized spacial score (nSPS) is 18.9. The topological polar surface area (TPSA) is 150 Å². The van der Waals surface area contributed by atoms with Crippen molar-refractivity contribution < 1.29 is 46.1 Å². The second-order valence-corrected chi connectivity index (χ2v) is 11.2. The summed E-state index contributed by atoms with van der Waals surface area (Å²) in [6.45, 7) is -0.256. The lowest BCUT2D eigenvalue weighted by Crippen LogP contribution is -2.51. The third kappa shape index (κ3) is 5.45. The first-order valence-corrected chi connectivity index (χ1v) is 13.8. The molecule has 1 saturated carbocycles. The van der Waals surface area contributed by atoms with Crippen LogP contribution in [0, 0.1) is 5.82 Å². The van der Waals surface area contributed by atoms with E-state index in [1.54, 1.807) is 0 Å². The van der Waals surface area contributed by atoms with E-state index in [-0.39, 0.29) is 40.8 Å². The van der Waals surface area contributed by atoms with Gasteiger partial charge in [-0.3, -0.25) is 9.59 Å². The van der Waals surface area contributed by atoms with Crippen molar-refractivity contribution in [2.75, 3.05) is 13.2 Å². The number of carbonyl (C=O) groups excluding carboxylic acids is 2. The number of ether oxygens (including phenoxy) is 2. The van der Waals surface area contributed by atoms with Crippen molar-refractivity contribution in [3.8, 4) is 34.0 Å². The Labute approximate surface area is 253 Å². The summed E-state index contributed by atoms with van der Waals surface area (Å²) in [7, 11) is 0. The Kier molecular flexibility index (Phi) is 7.26. The van der Waals surface area contributed by atoms with E-state index in [0.29, 0.717) is 17.0 Å². The van der Waals surface area contributed by atoms with Gasteiger partial charge in [0.15, 0.2) is 6.39 Å². The van der Waals surface area contributed by atoms with Gasteiger partial charge in [-0.2, -0.15) is 13.2 Å². The number of oxazole rings is 1. The van der Waals surface area contributed by atoms with Crippen molar-refractivity contribution in [2.24, 2.45) is 5.73 Å². The first kappa shape index (κ1) is 30.1. The number of fused-ring (bicyclic) bond motifs is 1. The van der Waals surface area contributed by atoms with Crippen LogP contribution in [0.25, 0.3) is 22.5 Å². The number of nitrogens with one attached hydrogen (secondary N) is 1. The van der Waals surface area contributed by atoms with Gasteiger partial charge in [0, 0.05) is 22.3 Å². The largest absolute Gasteiger partial charge is 0.490 e. The highest BCUT2D eigenvalue weighted by Crippen LogP contribution is 2.47. The highest BCUT2D eigenvalue weighted by Gasteiger charge is 2.57. The molecule has 0 radical (unpaired) electrons. The van der Waals surface area contributed by atoms with E-state index in [1.807, 2.05) is 0 Å². The molecular formula is C31H26F4N4O6. The number of amides is 2.